The number of benzene rings is 3. The molecule has 1 N–H and O–H groups in total. The molecule has 5 nitrogen and oxygen atoms in total. The highest BCUT2D eigenvalue weighted by Crippen LogP contribution is 2.28. The fourth-order valence-electron chi connectivity index (χ4n) is 2.89. The first-order valence-corrected chi connectivity index (χ1v) is 11.7. The lowest BCUT2D eigenvalue weighted by molar-refractivity contribution is 0.0951. The van der Waals surface area contributed by atoms with Crippen molar-refractivity contribution in [2.75, 3.05) is 10.6 Å². The second kappa shape index (κ2) is 9.51. The first-order valence-electron chi connectivity index (χ1n) is 9.07. The van der Waals surface area contributed by atoms with Gasteiger partial charge in [-0.1, -0.05) is 65.7 Å². The van der Waals surface area contributed by atoms with Crippen molar-refractivity contribution in [1.29, 1.82) is 0 Å². The van der Waals surface area contributed by atoms with Crippen LogP contribution in [0.3, 0.4) is 0 Å². The molecule has 3 aromatic carbocycles. The van der Waals surface area contributed by atoms with Gasteiger partial charge in [0.2, 0.25) is 10.0 Å². The molecule has 0 unspecified atom stereocenters. The van der Waals surface area contributed by atoms with Crippen LogP contribution < -0.4 is 9.62 Å². The maximum absolute atomic E-state index is 12.4. The van der Waals surface area contributed by atoms with Crippen molar-refractivity contribution in [3.63, 3.8) is 0 Å². The van der Waals surface area contributed by atoms with Crippen LogP contribution in [0.4, 0.5) is 5.69 Å². The SMILES string of the molecule is CS(=O)(=O)N(Cc1ccc(C(=O)NCc2ccccc2)cc1)c1cc(Cl)cc(Cl)c1. The molecule has 0 heterocycles. The minimum Gasteiger partial charge on any atom is -0.348 e. The number of hydrogen-bond acceptors (Lipinski definition) is 3. The molecule has 3 aromatic rings. The molecule has 0 spiro atoms. The summed E-state index contributed by atoms with van der Waals surface area (Å²) < 4.78 is 25.9. The number of nitrogens with zero attached hydrogens (tertiary/aromatic N) is 1. The number of carbonyl (C=O) groups excluding carboxylic acids is 1. The second-order valence-corrected chi connectivity index (χ2v) is 9.54. The summed E-state index contributed by atoms with van der Waals surface area (Å²) in [7, 11) is -3.58. The van der Waals surface area contributed by atoms with Crippen LogP contribution in [0.5, 0.6) is 0 Å². The van der Waals surface area contributed by atoms with E-state index in [1.54, 1.807) is 36.4 Å². The maximum Gasteiger partial charge on any atom is 0.251 e. The highest BCUT2D eigenvalue weighted by molar-refractivity contribution is 7.92. The van der Waals surface area contributed by atoms with E-state index >= 15 is 0 Å². The number of carbonyl (C=O) groups is 1. The Morgan fingerprint density at radius 1 is 0.900 bits per heavy atom. The Hall–Kier alpha value is -2.54. The Labute approximate surface area is 186 Å². The van der Waals surface area contributed by atoms with Crippen molar-refractivity contribution >= 4 is 44.8 Å². The monoisotopic (exact) mass is 462 g/mol. The molecule has 0 radical (unpaired) electrons. The van der Waals surface area contributed by atoms with E-state index in [2.05, 4.69) is 5.32 Å². The lowest BCUT2D eigenvalue weighted by Gasteiger charge is -2.23. The van der Waals surface area contributed by atoms with Gasteiger partial charge in [-0.3, -0.25) is 9.10 Å². The number of anilines is 1. The third kappa shape index (κ3) is 5.98. The van der Waals surface area contributed by atoms with Crippen LogP contribution >= 0.6 is 23.2 Å². The fraction of sp³-hybridized carbons (Fsp3) is 0.136. The van der Waals surface area contributed by atoms with Crippen LogP contribution in [0.2, 0.25) is 10.0 Å². The van der Waals surface area contributed by atoms with Gasteiger partial charge in [-0.2, -0.15) is 0 Å². The molecule has 0 aromatic heterocycles. The van der Waals surface area contributed by atoms with E-state index in [4.69, 9.17) is 23.2 Å². The third-order valence-corrected chi connectivity index (χ3v) is 5.95. The summed E-state index contributed by atoms with van der Waals surface area (Å²) in [5.41, 5.74) is 2.59. The number of hydrogen-bond donors (Lipinski definition) is 1. The average Bonchev–Trinajstić information content (AvgIpc) is 2.70. The third-order valence-electron chi connectivity index (χ3n) is 4.37. The quantitative estimate of drug-likeness (QED) is 0.543. The Kier molecular flexibility index (Phi) is 7.02. The predicted molar refractivity (Wildman–Crippen MR) is 122 cm³/mol. The molecule has 156 valence electrons. The summed E-state index contributed by atoms with van der Waals surface area (Å²) in [6.07, 6.45) is 1.12. The molecule has 0 bridgehead atoms. The van der Waals surface area contributed by atoms with Gasteiger partial charge in [-0.25, -0.2) is 8.42 Å². The van der Waals surface area contributed by atoms with Crippen molar-refractivity contribution in [3.05, 3.63) is 99.5 Å². The molecular formula is C22H20Cl2N2O3S. The van der Waals surface area contributed by atoms with Gasteiger partial charge in [0.15, 0.2) is 0 Å². The maximum atomic E-state index is 12.4. The zero-order valence-corrected chi connectivity index (χ0v) is 18.5. The van der Waals surface area contributed by atoms with E-state index in [9.17, 15) is 13.2 Å². The largest absolute Gasteiger partial charge is 0.348 e. The van der Waals surface area contributed by atoms with Crippen LogP contribution in [0, 0.1) is 0 Å². The number of nitrogens with one attached hydrogen (secondary N) is 1. The molecule has 0 atom stereocenters. The minimum atomic E-state index is -3.58. The normalized spacial score (nSPS) is 11.2. The van der Waals surface area contributed by atoms with E-state index < -0.39 is 10.0 Å². The van der Waals surface area contributed by atoms with Gasteiger partial charge < -0.3 is 5.32 Å². The highest BCUT2D eigenvalue weighted by atomic mass is 35.5. The van der Waals surface area contributed by atoms with E-state index in [0.717, 1.165) is 17.4 Å². The van der Waals surface area contributed by atoms with Crippen LogP contribution in [0.1, 0.15) is 21.5 Å². The molecule has 0 fully saturated rings. The summed E-state index contributed by atoms with van der Waals surface area (Å²) in [5, 5.41) is 3.55. The molecule has 1 amide bonds. The van der Waals surface area contributed by atoms with E-state index in [1.165, 1.54) is 10.4 Å². The van der Waals surface area contributed by atoms with Gasteiger partial charge in [0.1, 0.15) is 0 Å². The van der Waals surface area contributed by atoms with Gasteiger partial charge in [0.25, 0.3) is 5.91 Å². The van der Waals surface area contributed by atoms with E-state index in [-0.39, 0.29) is 12.5 Å². The molecule has 0 saturated heterocycles. The number of halogens is 2. The summed E-state index contributed by atoms with van der Waals surface area (Å²) in [4.78, 5) is 12.4. The second-order valence-electron chi connectivity index (χ2n) is 6.76. The molecule has 30 heavy (non-hydrogen) atoms. The first-order chi connectivity index (χ1) is 14.2. The topological polar surface area (TPSA) is 66.5 Å². The van der Waals surface area contributed by atoms with Gasteiger partial charge in [-0.05, 0) is 41.5 Å². The average molecular weight is 463 g/mol. The Morgan fingerprint density at radius 3 is 2.07 bits per heavy atom. The van der Waals surface area contributed by atoms with E-state index in [0.29, 0.717) is 27.8 Å². The molecule has 0 saturated carbocycles. The molecule has 8 heteroatoms. The Morgan fingerprint density at radius 2 is 1.50 bits per heavy atom. The summed E-state index contributed by atoms with van der Waals surface area (Å²) >= 11 is 12.1. The molecule has 0 aliphatic carbocycles. The highest BCUT2D eigenvalue weighted by Gasteiger charge is 2.19. The van der Waals surface area contributed by atoms with Crippen molar-refractivity contribution < 1.29 is 13.2 Å². The van der Waals surface area contributed by atoms with Gasteiger partial charge in [0, 0.05) is 22.2 Å². The van der Waals surface area contributed by atoms with Gasteiger partial charge in [-0.15, -0.1) is 0 Å². The van der Waals surface area contributed by atoms with Crippen LogP contribution in [0.15, 0.2) is 72.8 Å². The molecule has 0 aliphatic heterocycles. The summed E-state index contributed by atoms with van der Waals surface area (Å²) in [6.45, 7) is 0.514. The smallest absolute Gasteiger partial charge is 0.251 e. The van der Waals surface area contributed by atoms with Crippen LogP contribution in [-0.2, 0) is 23.1 Å². The number of sulfonamides is 1. The van der Waals surface area contributed by atoms with E-state index in [1.807, 2.05) is 30.3 Å². The van der Waals surface area contributed by atoms with Crippen LogP contribution in [0.25, 0.3) is 0 Å². The minimum absolute atomic E-state index is 0.0847. The number of amides is 1. The number of rotatable bonds is 7. The Balaban J connectivity index is 1.73. The summed E-state index contributed by atoms with van der Waals surface area (Å²) in [5.74, 6) is -0.202. The predicted octanol–water partition coefficient (Wildman–Crippen LogP) is 4.89. The van der Waals surface area contributed by atoms with Crippen molar-refractivity contribution in [1.82, 2.24) is 5.32 Å². The Bertz CT molecular complexity index is 1110. The first kappa shape index (κ1) is 22.2. The lowest BCUT2D eigenvalue weighted by Crippen LogP contribution is -2.29. The van der Waals surface area contributed by atoms with Gasteiger partial charge >= 0.3 is 0 Å². The van der Waals surface area contributed by atoms with Crippen molar-refractivity contribution in [3.8, 4) is 0 Å². The van der Waals surface area contributed by atoms with Gasteiger partial charge in [0.05, 0.1) is 18.5 Å². The molecular weight excluding hydrogens is 443 g/mol. The standard InChI is InChI=1S/C22H20Cl2N2O3S/c1-30(28,29)26(21-12-19(23)11-20(24)13-21)15-17-7-9-18(10-8-17)22(27)25-14-16-5-3-2-4-6-16/h2-13H,14-15H2,1H3,(H,25,27). The van der Waals surface area contributed by atoms with Crippen molar-refractivity contribution in [2.24, 2.45) is 0 Å². The molecule has 0 aliphatic rings. The van der Waals surface area contributed by atoms with Crippen LogP contribution in [-0.4, -0.2) is 20.6 Å². The zero-order chi connectivity index (χ0) is 21.7. The molecule has 3 rings (SSSR count). The lowest BCUT2D eigenvalue weighted by atomic mass is 10.1. The zero-order valence-electron chi connectivity index (χ0n) is 16.2. The fourth-order valence-corrected chi connectivity index (χ4v) is 4.28. The summed E-state index contributed by atoms with van der Waals surface area (Å²) in [6, 6.07) is 21.0. The van der Waals surface area contributed by atoms with Crippen molar-refractivity contribution in [2.45, 2.75) is 13.1 Å².